The van der Waals surface area contributed by atoms with Crippen LogP contribution in [0.1, 0.15) is 33.1 Å². The highest BCUT2D eigenvalue weighted by Crippen LogP contribution is 2.38. The third-order valence-corrected chi connectivity index (χ3v) is 6.00. The fraction of sp³-hybridized carbons (Fsp3) is 0.304. The van der Waals surface area contributed by atoms with E-state index in [1.54, 1.807) is 0 Å². The number of nitrogens with two attached hydrogens (primary N) is 1. The van der Waals surface area contributed by atoms with E-state index in [0.717, 1.165) is 23.8 Å². The fourth-order valence-electron chi connectivity index (χ4n) is 4.31. The molecule has 2 aromatic carbocycles. The van der Waals surface area contributed by atoms with E-state index in [1.165, 1.54) is 23.1 Å². The fourth-order valence-corrected chi connectivity index (χ4v) is 4.31. The van der Waals surface area contributed by atoms with Gasteiger partial charge in [-0.2, -0.15) is 13.2 Å². The van der Waals surface area contributed by atoms with Crippen molar-refractivity contribution in [1.29, 1.82) is 0 Å². The van der Waals surface area contributed by atoms with Gasteiger partial charge in [-0.05, 0) is 23.8 Å². The molecule has 2 aliphatic rings. The number of fused-ring (bicyclic) bond motifs is 3. The number of nitrogen functional groups attached to an aromatic ring is 1. The largest absolute Gasteiger partial charge is 0.492 e. The molecule has 33 heavy (non-hydrogen) atoms. The van der Waals surface area contributed by atoms with Gasteiger partial charge in [-0.25, -0.2) is 9.37 Å². The monoisotopic (exact) mass is 461 g/mol. The number of rotatable bonds is 2. The van der Waals surface area contributed by atoms with Gasteiger partial charge < -0.3 is 20.1 Å². The number of nitrogens with zero attached hydrogens (tertiary/aromatic N) is 2. The highest BCUT2D eigenvalue weighted by Gasteiger charge is 2.34. The van der Waals surface area contributed by atoms with Crippen molar-refractivity contribution in [1.82, 2.24) is 9.88 Å². The highest BCUT2D eigenvalue weighted by molar-refractivity contribution is 6.00. The molecule has 0 spiro atoms. The molecule has 3 aromatic rings. The Hall–Kier alpha value is -3.40. The number of pyridine rings is 1. The van der Waals surface area contributed by atoms with Crippen molar-refractivity contribution in [2.75, 3.05) is 32.1 Å². The number of hydrogen-bond donors (Lipinski definition) is 1. The highest BCUT2D eigenvalue weighted by atomic mass is 19.4. The number of ether oxygens (including phenoxy) is 2. The summed E-state index contributed by atoms with van der Waals surface area (Å²) in [5, 5.41) is 0.487. The summed E-state index contributed by atoms with van der Waals surface area (Å²) >= 11 is 0. The smallest absolute Gasteiger partial charge is 0.416 e. The number of alkyl halides is 3. The maximum Gasteiger partial charge on any atom is 0.416 e. The summed E-state index contributed by atoms with van der Waals surface area (Å²) in [4.78, 5) is 19.1. The van der Waals surface area contributed by atoms with E-state index in [-0.39, 0.29) is 36.7 Å². The van der Waals surface area contributed by atoms with Crippen LogP contribution in [0.3, 0.4) is 0 Å². The molecule has 0 saturated carbocycles. The molecule has 6 nitrogen and oxygen atoms in total. The first kappa shape index (κ1) is 21.4. The van der Waals surface area contributed by atoms with Gasteiger partial charge in [0.1, 0.15) is 17.4 Å². The zero-order chi connectivity index (χ0) is 23.3. The van der Waals surface area contributed by atoms with Gasteiger partial charge >= 0.3 is 6.18 Å². The molecule has 1 fully saturated rings. The van der Waals surface area contributed by atoms with E-state index in [2.05, 4.69) is 4.98 Å². The molecule has 0 aliphatic carbocycles. The normalized spacial score (nSPS) is 18.3. The summed E-state index contributed by atoms with van der Waals surface area (Å²) in [6, 6.07) is 6.44. The van der Waals surface area contributed by atoms with Gasteiger partial charge in [0.2, 0.25) is 0 Å². The first-order valence-electron chi connectivity index (χ1n) is 10.3. The van der Waals surface area contributed by atoms with E-state index in [0.29, 0.717) is 29.7 Å². The van der Waals surface area contributed by atoms with E-state index >= 15 is 0 Å². The van der Waals surface area contributed by atoms with Crippen LogP contribution in [0.5, 0.6) is 5.75 Å². The Morgan fingerprint density at radius 3 is 2.64 bits per heavy atom. The number of carbonyl (C=O) groups is 1. The van der Waals surface area contributed by atoms with Crippen molar-refractivity contribution in [2.45, 2.75) is 18.6 Å². The maximum atomic E-state index is 15.0. The Morgan fingerprint density at radius 2 is 1.91 bits per heavy atom. The second kappa shape index (κ2) is 7.87. The summed E-state index contributed by atoms with van der Waals surface area (Å²) in [6.45, 7) is 0.897. The predicted molar refractivity (Wildman–Crippen MR) is 111 cm³/mol. The summed E-state index contributed by atoms with van der Waals surface area (Å²) in [6.07, 6.45) is -3.89. The molecule has 172 valence electrons. The minimum absolute atomic E-state index is 0.0862. The van der Waals surface area contributed by atoms with Crippen molar-refractivity contribution >= 4 is 22.6 Å². The number of hydrogen-bond acceptors (Lipinski definition) is 5. The van der Waals surface area contributed by atoms with E-state index in [9.17, 15) is 22.4 Å². The second-order valence-electron chi connectivity index (χ2n) is 7.96. The van der Waals surface area contributed by atoms with Crippen molar-refractivity contribution in [3.8, 4) is 5.75 Å². The molecule has 0 radical (unpaired) electrons. The van der Waals surface area contributed by atoms with Crippen LogP contribution in [0.4, 0.5) is 23.4 Å². The summed E-state index contributed by atoms with van der Waals surface area (Å²) in [7, 11) is 0. The quantitative estimate of drug-likeness (QED) is 0.581. The van der Waals surface area contributed by atoms with Gasteiger partial charge in [0, 0.05) is 30.0 Å². The van der Waals surface area contributed by atoms with Crippen molar-refractivity contribution in [2.24, 2.45) is 0 Å². The number of benzene rings is 2. The van der Waals surface area contributed by atoms with Crippen LogP contribution in [-0.2, 0) is 17.3 Å². The van der Waals surface area contributed by atoms with Crippen LogP contribution >= 0.6 is 0 Å². The average molecular weight is 461 g/mol. The molecule has 1 saturated heterocycles. The lowest BCUT2D eigenvalue weighted by Gasteiger charge is -2.36. The van der Waals surface area contributed by atoms with Gasteiger partial charge in [-0.3, -0.25) is 4.79 Å². The molecule has 0 unspecified atom stereocenters. The topological polar surface area (TPSA) is 77.7 Å². The zero-order valence-electron chi connectivity index (χ0n) is 17.3. The number of halogens is 4. The maximum absolute atomic E-state index is 15.0. The summed E-state index contributed by atoms with van der Waals surface area (Å²) < 4.78 is 64.9. The van der Waals surface area contributed by atoms with Crippen molar-refractivity contribution in [3.05, 3.63) is 64.5 Å². The Labute approximate surface area is 185 Å². The number of morpholine rings is 1. The van der Waals surface area contributed by atoms with Crippen LogP contribution in [0, 0.1) is 5.82 Å². The van der Waals surface area contributed by atoms with Crippen LogP contribution in [-0.4, -0.2) is 42.2 Å². The Kier molecular flexibility index (Phi) is 5.12. The van der Waals surface area contributed by atoms with Crippen LogP contribution in [0.25, 0.3) is 10.9 Å². The third kappa shape index (κ3) is 3.74. The Balaban J connectivity index is 1.52. The number of amides is 1. The molecule has 3 heterocycles. The number of anilines is 1. The van der Waals surface area contributed by atoms with Gasteiger partial charge in [-0.1, -0.05) is 12.1 Å². The molecule has 5 rings (SSSR count). The predicted octanol–water partition coefficient (Wildman–Crippen LogP) is 4.12. The molecule has 1 atom stereocenters. The van der Waals surface area contributed by atoms with E-state index in [4.69, 9.17) is 15.2 Å². The molecular formula is C23H19F4N3O3. The van der Waals surface area contributed by atoms with Gasteiger partial charge in [0.15, 0.2) is 0 Å². The summed E-state index contributed by atoms with van der Waals surface area (Å²) in [5.41, 5.74) is 6.46. The Morgan fingerprint density at radius 1 is 1.15 bits per heavy atom. The van der Waals surface area contributed by atoms with Gasteiger partial charge in [-0.15, -0.1) is 0 Å². The van der Waals surface area contributed by atoms with Crippen LogP contribution in [0.2, 0.25) is 0 Å². The molecule has 10 heteroatoms. The SMILES string of the molecule is Nc1nc2cc(F)c(C(=O)N3CCOC[C@@H]3c3ccc(C(F)(F)F)cc3)cc2c2c1CCO2. The third-order valence-electron chi connectivity index (χ3n) is 6.00. The number of aromatic nitrogens is 1. The van der Waals surface area contributed by atoms with Crippen molar-refractivity contribution < 1.29 is 31.8 Å². The molecule has 1 aromatic heterocycles. The van der Waals surface area contributed by atoms with Gasteiger partial charge in [0.05, 0.1) is 42.5 Å². The lowest BCUT2D eigenvalue weighted by molar-refractivity contribution is -0.137. The van der Waals surface area contributed by atoms with Crippen molar-refractivity contribution in [3.63, 3.8) is 0 Å². The number of carbonyl (C=O) groups excluding carboxylic acids is 1. The summed E-state index contributed by atoms with van der Waals surface area (Å²) in [5.74, 6) is -0.599. The van der Waals surface area contributed by atoms with E-state index in [1.807, 2.05) is 0 Å². The second-order valence-corrected chi connectivity index (χ2v) is 7.96. The molecule has 2 N–H and O–H groups in total. The first-order valence-corrected chi connectivity index (χ1v) is 10.3. The zero-order valence-corrected chi connectivity index (χ0v) is 17.3. The Bertz CT molecular complexity index is 1240. The van der Waals surface area contributed by atoms with Crippen LogP contribution in [0.15, 0.2) is 36.4 Å². The minimum Gasteiger partial charge on any atom is -0.492 e. The molecule has 0 bridgehead atoms. The minimum atomic E-state index is -4.47. The standard InChI is InChI=1S/C23H19F4N3O3/c24-17-10-18-16(20-14(5-7-33-20)21(28)29-18)9-15(17)22(31)30-6-8-32-11-19(30)12-1-3-13(4-2-12)23(25,26)27/h1-4,9-10,19H,5-8,11H2,(H2,28,29)/t19-/m1/s1. The average Bonchev–Trinajstić information content (AvgIpc) is 3.29. The molecule has 2 aliphatic heterocycles. The van der Waals surface area contributed by atoms with E-state index < -0.39 is 29.5 Å². The first-order chi connectivity index (χ1) is 15.7. The van der Waals surface area contributed by atoms with Gasteiger partial charge in [0.25, 0.3) is 5.91 Å². The lowest BCUT2D eigenvalue weighted by Crippen LogP contribution is -2.43. The lowest BCUT2D eigenvalue weighted by atomic mass is 10.0. The molecular weight excluding hydrogens is 442 g/mol. The van der Waals surface area contributed by atoms with Crippen LogP contribution < -0.4 is 10.5 Å². The molecule has 1 amide bonds.